The molecule has 4 rings (SSSR count). The number of hydrogen-bond acceptors (Lipinski definition) is 4. The Labute approximate surface area is 149 Å². The summed E-state index contributed by atoms with van der Waals surface area (Å²) in [6, 6.07) is 12.6. The maximum absolute atomic E-state index is 13.3. The van der Waals surface area contributed by atoms with Crippen LogP contribution in [0.1, 0.15) is 18.4 Å². The first kappa shape index (κ1) is 16.3. The molecule has 2 heterocycles. The third-order valence-electron chi connectivity index (χ3n) is 4.55. The van der Waals surface area contributed by atoms with Crippen LogP contribution in [0.25, 0.3) is 16.9 Å². The van der Waals surface area contributed by atoms with Gasteiger partial charge in [-0.05, 0) is 55.7 Å². The molecule has 1 aliphatic rings. The molecule has 0 atom stereocenters. The number of non-ortho nitro benzene ring substituents is 1. The van der Waals surface area contributed by atoms with E-state index in [1.807, 2.05) is 0 Å². The molecule has 2 aromatic carbocycles. The Morgan fingerprint density at radius 2 is 1.81 bits per heavy atom. The van der Waals surface area contributed by atoms with Crippen molar-refractivity contribution in [2.24, 2.45) is 0 Å². The number of nitrogens with zero attached hydrogens (tertiary/aromatic N) is 3. The first-order chi connectivity index (χ1) is 12.6. The van der Waals surface area contributed by atoms with Crippen molar-refractivity contribution in [2.45, 2.75) is 19.3 Å². The summed E-state index contributed by atoms with van der Waals surface area (Å²) >= 11 is 0. The molecule has 3 aromatic rings. The van der Waals surface area contributed by atoms with Gasteiger partial charge in [0, 0.05) is 29.8 Å². The number of rotatable bonds is 3. The molecular weight excluding hydrogens is 335 g/mol. The van der Waals surface area contributed by atoms with Crippen LogP contribution < -0.4 is 5.32 Å². The standard InChI is InChI=1S/C19H17FN4O2/c20-14-6-4-13(5-7-14)18-17-3-1-2-12-21-19(17)23(22-18)15-8-10-16(11-9-15)24(25)26/h4-11,21H,1-3,12H2. The topological polar surface area (TPSA) is 73.0 Å². The predicted octanol–water partition coefficient (Wildman–Crippen LogP) is 4.33. The first-order valence-corrected chi connectivity index (χ1v) is 8.50. The van der Waals surface area contributed by atoms with Gasteiger partial charge in [-0.25, -0.2) is 9.07 Å². The van der Waals surface area contributed by atoms with E-state index in [4.69, 9.17) is 5.10 Å². The Hall–Kier alpha value is -3.22. The second-order valence-electron chi connectivity index (χ2n) is 6.25. The monoisotopic (exact) mass is 352 g/mol. The number of halogens is 1. The number of anilines is 1. The highest BCUT2D eigenvalue weighted by molar-refractivity contribution is 5.71. The molecule has 0 amide bonds. The molecule has 1 aromatic heterocycles. The molecule has 1 aliphatic heterocycles. The van der Waals surface area contributed by atoms with Gasteiger partial charge in [0.25, 0.3) is 5.69 Å². The minimum absolute atomic E-state index is 0.0405. The van der Waals surface area contributed by atoms with Crippen molar-refractivity contribution in [1.82, 2.24) is 9.78 Å². The zero-order chi connectivity index (χ0) is 18.1. The fourth-order valence-electron chi connectivity index (χ4n) is 3.24. The van der Waals surface area contributed by atoms with Gasteiger partial charge in [-0.2, -0.15) is 5.10 Å². The minimum atomic E-state index is -0.421. The van der Waals surface area contributed by atoms with Crippen LogP contribution in [0, 0.1) is 15.9 Å². The van der Waals surface area contributed by atoms with E-state index in [1.165, 1.54) is 24.3 Å². The van der Waals surface area contributed by atoms with Crippen LogP contribution in [-0.4, -0.2) is 21.2 Å². The van der Waals surface area contributed by atoms with Crippen molar-refractivity contribution in [3.63, 3.8) is 0 Å². The Kier molecular flexibility index (Phi) is 4.12. The van der Waals surface area contributed by atoms with E-state index in [0.717, 1.165) is 54.1 Å². The molecule has 0 spiro atoms. The second kappa shape index (κ2) is 6.59. The number of hydrogen-bond donors (Lipinski definition) is 1. The number of nitro benzene ring substituents is 1. The van der Waals surface area contributed by atoms with Crippen LogP contribution >= 0.6 is 0 Å². The van der Waals surface area contributed by atoms with Crippen molar-refractivity contribution >= 4 is 11.5 Å². The Bertz CT molecular complexity index is 949. The number of nitrogens with one attached hydrogen (secondary N) is 1. The Morgan fingerprint density at radius 3 is 2.50 bits per heavy atom. The second-order valence-corrected chi connectivity index (χ2v) is 6.25. The molecule has 0 unspecified atom stereocenters. The quantitative estimate of drug-likeness (QED) is 0.562. The predicted molar refractivity (Wildman–Crippen MR) is 97.0 cm³/mol. The molecule has 6 nitrogen and oxygen atoms in total. The van der Waals surface area contributed by atoms with Gasteiger partial charge in [0.15, 0.2) is 0 Å². The number of aromatic nitrogens is 2. The molecule has 0 aliphatic carbocycles. The van der Waals surface area contributed by atoms with Crippen LogP contribution in [-0.2, 0) is 6.42 Å². The lowest BCUT2D eigenvalue weighted by molar-refractivity contribution is -0.384. The Morgan fingerprint density at radius 1 is 1.08 bits per heavy atom. The lowest BCUT2D eigenvalue weighted by atomic mass is 10.0. The SMILES string of the molecule is O=[N+]([O-])c1ccc(-n2nc(-c3ccc(F)cc3)c3c2NCCCC3)cc1. The lowest BCUT2D eigenvalue weighted by Gasteiger charge is -2.09. The van der Waals surface area contributed by atoms with Gasteiger partial charge in [-0.1, -0.05) is 0 Å². The van der Waals surface area contributed by atoms with E-state index in [-0.39, 0.29) is 11.5 Å². The molecule has 7 heteroatoms. The summed E-state index contributed by atoms with van der Waals surface area (Å²) in [6.07, 6.45) is 2.97. The van der Waals surface area contributed by atoms with Crippen LogP contribution in [0.15, 0.2) is 48.5 Å². The van der Waals surface area contributed by atoms with Crippen molar-refractivity contribution < 1.29 is 9.31 Å². The zero-order valence-electron chi connectivity index (χ0n) is 14.0. The van der Waals surface area contributed by atoms with E-state index < -0.39 is 4.92 Å². The third kappa shape index (κ3) is 2.92. The van der Waals surface area contributed by atoms with E-state index >= 15 is 0 Å². The van der Waals surface area contributed by atoms with Gasteiger partial charge in [0.2, 0.25) is 0 Å². The van der Waals surface area contributed by atoms with E-state index in [2.05, 4.69) is 5.32 Å². The molecule has 132 valence electrons. The van der Waals surface area contributed by atoms with Crippen LogP contribution in [0.2, 0.25) is 0 Å². The summed E-state index contributed by atoms with van der Waals surface area (Å²) < 4.78 is 15.1. The van der Waals surface area contributed by atoms with Crippen LogP contribution in [0.3, 0.4) is 0 Å². The highest BCUT2D eigenvalue weighted by Gasteiger charge is 2.22. The average Bonchev–Trinajstić information content (AvgIpc) is 2.84. The van der Waals surface area contributed by atoms with Crippen molar-refractivity contribution in [1.29, 1.82) is 0 Å². The normalized spacial score (nSPS) is 13.6. The van der Waals surface area contributed by atoms with Crippen LogP contribution in [0.5, 0.6) is 0 Å². The first-order valence-electron chi connectivity index (χ1n) is 8.50. The molecule has 26 heavy (non-hydrogen) atoms. The van der Waals surface area contributed by atoms with E-state index in [9.17, 15) is 14.5 Å². The highest BCUT2D eigenvalue weighted by atomic mass is 19.1. The van der Waals surface area contributed by atoms with Crippen LogP contribution in [0.4, 0.5) is 15.9 Å². The maximum Gasteiger partial charge on any atom is 0.269 e. The van der Waals surface area contributed by atoms with Crippen molar-refractivity contribution in [3.8, 4) is 16.9 Å². The van der Waals surface area contributed by atoms with Gasteiger partial charge in [-0.3, -0.25) is 10.1 Å². The fraction of sp³-hybridized carbons (Fsp3) is 0.211. The van der Waals surface area contributed by atoms with Gasteiger partial charge < -0.3 is 5.32 Å². The smallest absolute Gasteiger partial charge is 0.269 e. The highest BCUT2D eigenvalue weighted by Crippen LogP contribution is 2.34. The lowest BCUT2D eigenvalue weighted by Crippen LogP contribution is -2.07. The summed E-state index contributed by atoms with van der Waals surface area (Å²) in [4.78, 5) is 10.5. The number of benzene rings is 2. The largest absolute Gasteiger partial charge is 0.370 e. The van der Waals surface area contributed by atoms with E-state index in [1.54, 1.807) is 28.9 Å². The number of fused-ring (bicyclic) bond motifs is 1. The molecule has 0 radical (unpaired) electrons. The van der Waals surface area contributed by atoms with Gasteiger partial charge in [0.1, 0.15) is 11.6 Å². The van der Waals surface area contributed by atoms with Gasteiger partial charge >= 0.3 is 0 Å². The third-order valence-corrected chi connectivity index (χ3v) is 4.55. The molecule has 0 fully saturated rings. The zero-order valence-corrected chi connectivity index (χ0v) is 14.0. The Balaban J connectivity index is 1.84. The summed E-state index contributed by atoms with van der Waals surface area (Å²) in [5, 5.41) is 19.0. The minimum Gasteiger partial charge on any atom is -0.370 e. The summed E-state index contributed by atoms with van der Waals surface area (Å²) in [6.45, 7) is 0.842. The fourth-order valence-corrected chi connectivity index (χ4v) is 3.24. The van der Waals surface area contributed by atoms with Crippen molar-refractivity contribution in [2.75, 3.05) is 11.9 Å². The molecule has 0 bridgehead atoms. The summed E-state index contributed by atoms with van der Waals surface area (Å²) in [7, 11) is 0. The number of nitro groups is 1. The average molecular weight is 352 g/mol. The molecule has 0 saturated carbocycles. The summed E-state index contributed by atoms with van der Waals surface area (Å²) in [5.74, 6) is 0.614. The molecular formula is C19H17FN4O2. The maximum atomic E-state index is 13.3. The van der Waals surface area contributed by atoms with Gasteiger partial charge in [0.05, 0.1) is 16.3 Å². The molecule has 0 saturated heterocycles. The molecule has 1 N–H and O–H groups in total. The van der Waals surface area contributed by atoms with Crippen molar-refractivity contribution in [3.05, 3.63) is 70.0 Å². The van der Waals surface area contributed by atoms with Gasteiger partial charge in [-0.15, -0.1) is 0 Å². The summed E-state index contributed by atoms with van der Waals surface area (Å²) in [5.41, 5.74) is 3.54. The van der Waals surface area contributed by atoms with E-state index in [0.29, 0.717) is 0 Å².